The number of aromatic nitrogens is 2. The minimum Gasteiger partial charge on any atom is -0.392 e. The number of hydrogen-bond acceptors (Lipinski definition) is 4. The molecule has 4 aliphatic carbocycles. The molecule has 4 saturated carbocycles. The number of carbonyl (C=O) groups is 1. The van der Waals surface area contributed by atoms with Gasteiger partial charge in [0.05, 0.1) is 11.8 Å². The molecule has 1 aliphatic heterocycles. The van der Waals surface area contributed by atoms with E-state index in [2.05, 4.69) is 10.2 Å². The van der Waals surface area contributed by atoms with Crippen molar-refractivity contribution in [2.45, 2.75) is 64.0 Å². The fraction of sp³-hybridized carbons (Fsp3) is 0.692. The fourth-order valence-electron chi connectivity index (χ4n) is 8.83. The molecule has 170 valence electrons. The smallest absolute Gasteiger partial charge is 0.268 e. The topological polar surface area (TPSA) is 69.9 Å². The average Bonchev–Trinajstić information content (AvgIpc) is 3.32. The van der Waals surface area contributed by atoms with E-state index in [0.29, 0.717) is 23.1 Å². The van der Waals surface area contributed by atoms with Crippen LogP contribution in [0.25, 0.3) is 5.65 Å². The van der Waals surface area contributed by atoms with Crippen molar-refractivity contribution >= 4 is 11.6 Å². The Hall–Kier alpha value is -1.92. The first-order valence-corrected chi connectivity index (χ1v) is 12.7. The highest BCUT2D eigenvalue weighted by molar-refractivity contribution is 5.93. The number of carbonyl (C=O) groups excluding carboxylic acids is 1. The van der Waals surface area contributed by atoms with E-state index < -0.39 is 0 Å². The average molecular weight is 435 g/mol. The van der Waals surface area contributed by atoms with Gasteiger partial charge in [-0.1, -0.05) is 6.07 Å². The summed E-state index contributed by atoms with van der Waals surface area (Å²) in [6.45, 7) is 3.24. The van der Waals surface area contributed by atoms with Crippen molar-refractivity contribution < 1.29 is 9.90 Å². The highest BCUT2D eigenvalue weighted by atomic mass is 16.3. The fourth-order valence-corrected chi connectivity index (χ4v) is 8.83. The number of rotatable bonds is 5. The number of hydrogen-bond donors (Lipinski definition) is 2. The van der Waals surface area contributed by atoms with E-state index in [1.165, 1.54) is 38.5 Å². The molecule has 6 unspecified atom stereocenters. The number of aliphatic hydroxyl groups is 1. The lowest BCUT2D eigenvalue weighted by Crippen LogP contribution is -2.43. The predicted octanol–water partition coefficient (Wildman–Crippen LogP) is 3.24. The molecule has 1 amide bonds. The molecular weight excluding hydrogens is 400 g/mol. The molecule has 6 nitrogen and oxygen atoms in total. The SMILES string of the molecule is O=C(NCC12CC3CC4CC(C1)C4(C3)C2)c1cccc2nc(CN3CCCC(O)C3)cn12. The minimum absolute atomic E-state index is 0.0218. The van der Waals surface area contributed by atoms with E-state index in [4.69, 9.17) is 4.98 Å². The summed E-state index contributed by atoms with van der Waals surface area (Å²) in [5, 5.41) is 13.3. The molecule has 2 aromatic heterocycles. The van der Waals surface area contributed by atoms with Crippen LogP contribution < -0.4 is 5.32 Å². The van der Waals surface area contributed by atoms with Crippen molar-refractivity contribution in [2.75, 3.05) is 19.6 Å². The van der Waals surface area contributed by atoms with Crippen molar-refractivity contribution in [3.05, 3.63) is 35.8 Å². The molecule has 7 rings (SSSR count). The number of fused-ring (bicyclic) bond motifs is 3. The Labute approximate surface area is 189 Å². The van der Waals surface area contributed by atoms with Crippen LogP contribution in [-0.2, 0) is 6.54 Å². The van der Waals surface area contributed by atoms with E-state index in [1.54, 1.807) is 0 Å². The van der Waals surface area contributed by atoms with Crippen molar-refractivity contribution in [2.24, 2.45) is 28.6 Å². The number of piperidine rings is 1. The molecule has 2 N–H and O–H groups in total. The van der Waals surface area contributed by atoms with Crippen LogP contribution in [0.4, 0.5) is 0 Å². The van der Waals surface area contributed by atoms with Crippen molar-refractivity contribution in [3.63, 3.8) is 0 Å². The first kappa shape index (κ1) is 19.5. The van der Waals surface area contributed by atoms with Gasteiger partial charge in [0, 0.05) is 25.8 Å². The molecule has 1 spiro atoms. The molecule has 6 atom stereocenters. The first-order valence-electron chi connectivity index (χ1n) is 12.7. The van der Waals surface area contributed by atoms with Crippen LogP contribution in [0.5, 0.6) is 0 Å². The van der Waals surface area contributed by atoms with Crippen LogP contribution in [0, 0.1) is 28.6 Å². The van der Waals surface area contributed by atoms with Crippen LogP contribution in [0.3, 0.4) is 0 Å². The third-order valence-electron chi connectivity index (χ3n) is 9.85. The number of nitrogens with one attached hydrogen (secondary N) is 1. The van der Waals surface area contributed by atoms with Gasteiger partial charge in [0.2, 0.25) is 0 Å². The highest BCUT2D eigenvalue weighted by Gasteiger charge is 2.70. The van der Waals surface area contributed by atoms with E-state index in [-0.39, 0.29) is 12.0 Å². The van der Waals surface area contributed by atoms with E-state index in [1.807, 2.05) is 28.8 Å². The maximum Gasteiger partial charge on any atom is 0.268 e. The highest BCUT2D eigenvalue weighted by Crippen LogP contribution is 2.78. The molecule has 3 heterocycles. The summed E-state index contributed by atoms with van der Waals surface area (Å²) in [6, 6.07) is 5.81. The second-order valence-electron chi connectivity index (χ2n) is 11.8. The van der Waals surface area contributed by atoms with Crippen LogP contribution in [0.1, 0.15) is 67.5 Å². The Kier molecular flexibility index (Phi) is 4.15. The summed E-state index contributed by atoms with van der Waals surface area (Å²) in [5.41, 5.74) is 3.46. The Morgan fingerprint density at radius 1 is 1.22 bits per heavy atom. The third kappa shape index (κ3) is 2.84. The van der Waals surface area contributed by atoms with Gasteiger partial charge >= 0.3 is 0 Å². The monoisotopic (exact) mass is 434 g/mol. The minimum atomic E-state index is -0.239. The predicted molar refractivity (Wildman–Crippen MR) is 121 cm³/mol. The molecule has 3 bridgehead atoms. The summed E-state index contributed by atoms with van der Waals surface area (Å²) >= 11 is 0. The summed E-state index contributed by atoms with van der Waals surface area (Å²) in [6.07, 6.45) is 12.1. The third-order valence-corrected chi connectivity index (χ3v) is 9.85. The second-order valence-corrected chi connectivity index (χ2v) is 11.8. The zero-order valence-electron chi connectivity index (χ0n) is 18.8. The van der Waals surface area contributed by atoms with Crippen molar-refractivity contribution in [3.8, 4) is 0 Å². The normalized spacial score (nSPS) is 39.9. The number of likely N-dealkylation sites (tertiary alicyclic amines) is 1. The molecule has 0 radical (unpaired) electrons. The van der Waals surface area contributed by atoms with Crippen LogP contribution in [-0.4, -0.2) is 51.0 Å². The number of β-amino-alcohol motifs (C(OH)–C–C–N with tert-alkyl or cyclic N) is 1. The zero-order valence-corrected chi connectivity index (χ0v) is 18.8. The number of amides is 1. The van der Waals surface area contributed by atoms with Crippen LogP contribution in [0.15, 0.2) is 24.4 Å². The second kappa shape index (κ2) is 6.80. The number of pyridine rings is 1. The van der Waals surface area contributed by atoms with Gasteiger partial charge in [0.15, 0.2) is 0 Å². The van der Waals surface area contributed by atoms with Gasteiger partial charge in [-0.05, 0) is 98.6 Å². The largest absolute Gasteiger partial charge is 0.392 e. The van der Waals surface area contributed by atoms with Gasteiger partial charge in [0.1, 0.15) is 11.3 Å². The molecule has 5 aliphatic rings. The van der Waals surface area contributed by atoms with Gasteiger partial charge in [-0.15, -0.1) is 0 Å². The van der Waals surface area contributed by atoms with Gasteiger partial charge < -0.3 is 10.4 Å². The number of aliphatic hydroxyl groups excluding tert-OH is 1. The van der Waals surface area contributed by atoms with E-state index in [9.17, 15) is 9.90 Å². The van der Waals surface area contributed by atoms with Gasteiger partial charge in [-0.25, -0.2) is 4.98 Å². The maximum absolute atomic E-state index is 13.3. The summed E-state index contributed by atoms with van der Waals surface area (Å²) in [5.74, 6) is 2.86. The van der Waals surface area contributed by atoms with Gasteiger partial charge in [0.25, 0.3) is 5.91 Å². The molecular formula is C26H34N4O2. The van der Waals surface area contributed by atoms with Gasteiger partial charge in [-0.2, -0.15) is 0 Å². The summed E-state index contributed by atoms with van der Waals surface area (Å²) in [4.78, 5) is 20.3. The molecule has 32 heavy (non-hydrogen) atoms. The van der Waals surface area contributed by atoms with Crippen molar-refractivity contribution in [1.82, 2.24) is 19.6 Å². The maximum atomic E-state index is 13.3. The van der Waals surface area contributed by atoms with E-state index in [0.717, 1.165) is 61.6 Å². The Morgan fingerprint density at radius 3 is 3.06 bits per heavy atom. The van der Waals surface area contributed by atoms with Crippen molar-refractivity contribution in [1.29, 1.82) is 0 Å². The lowest BCUT2D eigenvalue weighted by atomic mass is 9.55. The Balaban J connectivity index is 1.08. The van der Waals surface area contributed by atoms with Crippen LogP contribution in [0.2, 0.25) is 0 Å². The summed E-state index contributed by atoms with van der Waals surface area (Å²) in [7, 11) is 0. The quantitative estimate of drug-likeness (QED) is 0.758. The Bertz CT molecular complexity index is 1080. The molecule has 2 aromatic rings. The van der Waals surface area contributed by atoms with E-state index >= 15 is 0 Å². The first-order chi connectivity index (χ1) is 15.5. The lowest BCUT2D eigenvalue weighted by Gasteiger charge is -2.49. The standard InChI is InChI=1S/C26H34N4O2/c31-21-3-2-6-29(14-21)12-20-13-30-22(4-1-5-23(30)28-20)24(32)27-16-25-9-17-7-18-8-19(11-25)26(18,10-17)15-25/h1,4-5,13,17-19,21,31H,2-3,6-12,14-16H2,(H,27,32). The lowest BCUT2D eigenvalue weighted by molar-refractivity contribution is -0.00254. The summed E-state index contributed by atoms with van der Waals surface area (Å²) < 4.78 is 1.94. The molecule has 6 heteroatoms. The number of nitrogens with zero attached hydrogens (tertiary/aromatic N) is 3. The van der Waals surface area contributed by atoms with Crippen LogP contribution >= 0.6 is 0 Å². The number of imidazole rings is 1. The molecule has 5 fully saturated rings. The molecule has 1 saturated heterocycles. The zero-order chi connectivity index (χ0) is 21.5. The van der Waals surface area contributed by atoms with Gasteiger partial charge in [-0.3, -0.25) is 14.1 Å². The Morgan fingerprint density at radius 2 is 2.16 bits per heavy atom. The molecule has 0 aromatic carbocycles.